The Bertz CT molecular complexity index is 914. The molecule has 0 atom stereocenters. The van der Waals surface area contributed by atoms with Crippen molar-refractivity contribution in [2.45, 2.75) is 12.7 Å². The quantitative estimate of drug-likeness (QED) is 0.730. The largest absolute Gasteiger partial charge is 0.416 e. The maximum absolute atomic E-state index is 12.7. The molecule has 0 N–H and O–H groups in total. The molecular weight excluding hydrogens is 333 g/mol. The topological polar surface area (TPSA) is 51.0 Å². The van der Waals surface area contributed by atoms with Gasteiger partial charge in [0.15, 0.2) is 5.65 Å². The molecule has 3 aromatic rings. The summed E-state index contributed by atoms with van der Waals surface area (Å²) in [5, 5.41) is 0. The number of alkyl halides is 3. The summed E-state index contributed by atoms with van der Waals surface area (Å²) < 4.78 is 39.9. The Hall–Kier alpha value is -2.90. The van der Waals surface area contributed by atoms with Crippen LogP contribution in [0.25, 0.3) is 22.6 Å². The second kappa shape index (κ2) is 6.19. The van der Waals surface area contributed by atoms with Crippen LogP contribution in [0.2, 0.25) is 0 Å². The van der Waals surface area contributed by atoms with Crippen molar-refractivity contribution in [3.05, 3.63) is 48.2 Å². The fourth-order valence-electron chi connectivity index (χ4n) is 2.41. The van der Waals surface area contributed by atoms with Crippen molar-refractivity contribution in [2.75, 3.05) is 14.1 Å². The highest BCUT2D eigenvalue weighted by Gasteiger charge is 2.30. The van der Waals surface area contributed by atoms with Gasteiger partial charge in [0.05, 0.1) is 5.56 Å². The Labute approximate surface area is 141 Å². The Balaban J connectivity index is 2.10. The smallest absolute Gasteiger partial charge is 0.347 e. The minimum absolute atomic E-state index is 0.00311. The fraction of sp³-hybridized carbons (Fsp3) is 0.235. The normalized spacial score (nSPS) is 11.7. The van der Waals surface area contributed by atoms with Crippen LogP contribution >= 0.6 is 0 Å². The molecule has 0 radical (unpaired) electrons. The Morgan fingerprint density at radius 3 is 2.44 bits per heavy atom. The zero-order valence-electron chi connectivity index (χ0n) is 13.6. The van der Waals surface area contributed by atoms with Crippen LogP contribution in [0.15, 0.2) is 42.6 Å². The molecular formula is C17H15F3N4O. The van der Waals surface area contributed by atoms with Gasteiger partial charge < -0.3 is 4.90 Å². The minimum atomic E-state index is -4.40. The van der Waals surface area contributed by atoms with Crippen molar-refractivity contribution in [3.8, 4) is 11.4 Å². The first kappa shape index (κ1) is 16.9. The number of imidazole rings is 1. The first-order chi connectivity index (χ1) is 11.8. The van der Waals surface area contributed by atoms with Crippen molar-refractivity contribution in [3.63, 3.8) is 0 Å². The number of hydrogen-bond donors (Lipinski definition) is 0. The number of carbonyl (C=O) groups is 1. The molecule has 1 aromatic carbocycles. The number of halogens is 3. The average Bonchev–Trinajstić information content (AvgIpc) is 2.93. The third-order valence-corrected chi connectivity index (χ3v) is 3.77. The van der Waals surface area contributed by atoms with Crippen molar-refractivity contribution in [1.82, 2.24) is 19.4 Å². The number of nitrogens with zero attached hydrogens (tertiary/aromatic N) is 4. The molecule has 0 unspecified atom stereocenters. The molecule has 25 heavy (non-hydrogen) atoms. The van der Waals surface area contributed by atoms with Gasteiger partial charge in [-0.25, -0.2) is 9.97 Å². The van der Waals surface area contributed by atoms with Crippen molar-refractivity contribution >= 4 is 17.1 Å². The van der Waals surface area contributed by atoms with Gasteiger partial charge in [-0.15, -0.1) is 0 Å². The molecule has 0 saturated carbocycles. The zero-order valence-corrected chi connectivity index (χ0v) is 13.6. The molecule has 2 aromatic heterocycles. The van der Waals surface area contributed by atoms with Crippen LogP contribution in [-0.4, -0.2) is 39.4 Å². The van der Waals surface area contributed by atoms with Gasteiger partial charge >= 0.3 is 6.18 Å². The van der Waals surface area contributed by atoms with Gasteiger partial charge in [-0.2, -0.15) is 13.2 Å². The molecule has 0 aliphatic carbocycles. The van der Waals surface area contributed by atoms with Crippen molar-refractivity contribution < 1.29 is 18.0 Å². The number of amides is 1. The van der Waals surface area contributed by atoms with Crippen molar-refractivity contribution in [1.29, 1.82) is 0 Å². The molecule has 0 fully saturated rings. The Morgan fingerprint density at radius 2 is 1.84 bits per heavy atom. The lowest BCUT2D eigenvalue weighted by molar-refractivity contribution is -0.137. The standard InChI is InChI=1S/C17H15F3N4O/c1-23(2)14(25)10-24-15(22-13-4-3-9-21-16(13)24)11-5-7-12(8-6-11)17(18,19)20/h3-9H,10H2,1-2H3. The predicted molar refractivity (Wildman–Crippen MR) is 86.7 cm³/mol. The fourth-order valence-corrected chi connectivity index (χ4v) is 2.41. The lowest BCUT2D eigenvalue weighted by Crippen LogP contribution is -2.26. The van der Waals surface area contributed by atoms with E-state index in [1.165, 1.54) is 17.0 Å². The number of fused-ring (bicyclic) bond motifs is 1. The van der Waals surface area contributed by atoms with Crippen LogP contribution in [0.3, 0.4) is 0 Å². The van der Waals surface area contributed by atoms with E-state index < -0.39 is 11.7 Å². The molecule has 0 bridgehead atoms. The molecule has 0 spiro atoms. The highest BCUT2D eigenvalue weighted by atomic mass is 19.4. The molecule has 130 valence electrons. The number of carbonyl (C=O) groups excluding carboxylic acids is 1. The van der Waals surface area contributed by atoms with Crippen LogP contribution in [-0.2, 0) is 17.5 Å². The molecule has 8 heteroatoms. The average molecular weight is 348 g/mol. The lowest BCUT2D eigenvalue weighted by Gasteiger charge is -2.13. The summed E-state index contributed by atoms with van der Waals surface area (Å²) in [6, 6.07) is 8.15. The highest BCUT2D eigenvalue weighted by Crippen LogP contribution is 2.31. The number of pyridine rings is 1. The molecule has 2 heterocycles. The number of benzene rings is 1. The van der Waals surface area contributed by atoms with E-state index in [-0.39, 0.29) is 12.5 Å². The summed E-state index contributed by atoms with van der Waals surface area (Å²) in [6.45, 7) is -0.00311. The van der Waals surface area contributed by atoms with Gasteiger partial charge in [-0.3, -0.25) is 9.36 Å². The first-order valence-electron chi connectivity index (χ1n) is 7.46. The van der Waals surface area contributed by atoms with E-state index in [0.29, 0.717) is 22.6 Å². The molecule has 5 nitrogen and oxygen atoms in total. The summed E-state index contributed by atoms with van der Waals surface area (Å²) in [6.07, 6.45) is -2.82. The summed E-state index contributed by atoms with van der Waals surface area (Å²) in [4.78, 5) is 22.2. The van der Waals surface area contributed by atoms with E-state index in [2.05, 4.69) is 9.97 Å². The van der Waals surface area contributed by atoms with Crippen molar-refractivity contribution in [2.24, 2.45) is 0 Å². The third-order valence-electron chi connectivity index (χ3n) is 3.77. The van der Waals surface area contributed by atoms with E-state index in [1.807, 2.05) is 0 Å². The van der Waals surface area contributed by atoms with Crippen LogP contribution in [0, 0.1) is 0 Å². The monoisotopic (exact) mass is 348 g/mol. The van der Waals surface area contributed by atoms with Gasteiger partial charge in [-0.1, -0.05) is 12.1 Å². The van der Waals surface area contributed by atoms with Gasteiger partial charge in [0.1, 0.15) is 17.9 Å². The van der Waals surface area contributed by atoms with Gasteiger partial charge in [-0.05, 0) is 24.3 Å². The van der Waals surface area contributed by atoms with E-state index in [9.17, 15) is 18.0 Å². The van der Waals surface area contributed by atoms with E-state index in [1.54, 1.807) is 37.0 Å². The second-order valence-electron chi connectivity index (χ2n) is 5.73. The van der Waals surface area contributed by atoms with Crippen LogP contribution in [0.5, 0.6) is 0 Å². The van der Waals surface area contributed by atoms with E-state index in [4.69, 9.17) is 0 Å². The Morgan fingerprint density at radius 1 is 1.16 bits per heavy atom. The molecule has 3 rings (SSSR count). The van der Waals surface area contributed by atoms with Crippen LogP contribution in [0.4, 0.5) is 13.2 Å². The maximum atomic E-state index is 12.7. The van der Waals surface area contributed by atoms with Gasteiger partial charge in [0.2, 0.25) is 5.91 Å². The first-order valence-corrected chi connectivity index (χ1v) is 7.46. The van der Waals surface area contributed by atoms with Crippen LogP contribution < -0.4 is 0 Å². The van der Waals surface area contributed by atoms with E-state index in [0.717, 1.165) is 12.1 Å². The number of likely N-dealkylation sites (N-methyl/N-ethyl adjacent to an activating group) is 1. The van der Waals surface area contributed by atoms with Gasteiger partial charge in [0, 0.05) is 25.9 Å². The molecule has 0 aliphatic rings. The summed E-state index contributed by atoms with van der Waals surface area (Å²) in [5.41, 5.74) is 0.829. The van der Waals surface area contributed by atoms with E-state index >= 15 is 0 Å². The SMILES string of the molecule is CN(C)C(=O)Cn1c(-c2ccc(C(F)(F)F)cc2)nc2cccnc21. The second-order valence-corrected chi connectivity index (χ2v) is 5.73. The number of hydrogen-bond acceptors (Lipinski definition) is 3. The molecule has 0 aliphatic heterocycles. The molecule has 0 saturated heterocycles. The zero-order chi connectivity index (χ0) is 18.2. The summed E-state index contributed by atoms with van der Waals surface area (Å²) in [5.74, 6) is 0.232. The number of rotatable bonds is 3. The Kier molecular flexibility index (Phi) is 4.20. The molecule has 1 amide bonds. The predicted octanol–water partition coefficient (Wildman–Crippen LogP) is 3.21. The minimum Gasteiger partial charge on any atom is -0.347 e. The third kappa shape index (κ3) is 3.33. The lowest BCUT2D eigenvalue weighted by atomic mass is 10.1. The number of aromatic nitrogens is 3. The van der Waals surface area contributed by atoms with Gasteiger partial charge in [0.25, 0.3) is 0 Å². The summed E-state index contributed by atoms with van der Waals surface area (Å²) in [7, 11) is 3.26. The maximum Gasteiger partial charge on any atom is 0.416 e. The highest BCUT2D eigenvalue weighted by molar-refractivity contribution is 5.82. The van der Waals surface area contributed by atoms with Crippen LogP contribution in [0.1, 0.15) is 5.56 Å². The summed E-state index contributed by atoms with van der Waals surface area (Å²) >= 11 is 0.